The second-order valence-corrected chi connectivity index (χ2v) is 5.91. The molecule has 2 aromatic carbocycles. The van der Waals surface area contributed by atoms with Crippen molar-refractivity contribution in [3.8, 4) is 11.5 Å². The van der Waals surface area contributed by atoms with Gasteiger partial charge in [-0.2, -0.15) is 0 Å². The van der Waals surface area contributed by atoms with Gasteiger partial charge in [0.1, 0.15) is 17.3 Å². The van der Waals surface area contributed by atoms with Gasteiger partial charge in [-0.15, -0.1) is 0 Å². The Kier molecular flexibility index (Phi) is 5.06. The molecule has 2 aromatic rings. The molecular weight excluding hydrogens is 339 g/mol. The smallest absolute Gasteiger partial charge is 0.229 e. The highest BCUT2D eigenvalue weighted by Gasteiger charge is 2.36. The molecule has 1 N–H and O–H groups in total. The van der Waals surface area contributed by atoms with Crippen LogP contribution in [0.4, 0.5) is 15.8 Å². The molecule has 1 aliphatic heterocycles. The Labute approximate surface area is 150 Å². The SMILES string of the molecule is COc1ccc(OC)c(NC(=O)C2CC(=O)N(c3ccccc3F)C2)c1. The van der Waals surface area contributed by atoms with E-state index >= 15 is 0 Å². The van der Waals surface area contributed by atoms with E-state index in [1.807, 2.05) is 0 Å². The third-order valence-corrected chi connectivity index (χ3v) is 4.30. The summed E-state index contributed by atoms with van der Waals surface area (Å²) in [6, 6.07) is 11.1. The van der Waals surface area contributed by atoms with Gasteiger partial charge in [-0.25, -0.2) is 4.39 Å². The summed E-state index contributed by atoms with van der Waals surface area (Å²) in [4.78, 5) is 26.2. The van der Waals surface area contributed by atoms with E-state index in [-0.39, 0.29) is 30.5 Å². The molecule has 1 fully saturated rings. The molecular formula is C19H19FN2O4. The number of para-hydroxylation sites is 1. The highest BCUT2D eigenvalue weighted by molar-refractivity contribution is 6.04. The summed E-state index contributed by atoms with van der Waals surface area (Å²) in [6.45, 7) is 0.123. The Morgan fingerprint density at radius 1 is 1.19 bits per heavy atom. The number of nitrogens with one attached hydrogen (secondary N) is 1. The first-order chi connectivity index (χ1) is 12.5. The quantitative estimate of drug-likeness (QED) is 0.892. The fourth-order valence-electron chi connectivity index (χ4n) is 2.93. The number of halogens is 1. The number of hydrogen-bond acceptors (Lipinski definition) is 4. The zero-order valence-corrected chi connectivity index (χ0v) is 14.5. The lowest BCUT2D eigenvalue weighted by Crippen LogP contribution is -2.28. The van der Waals surface area contributed by atoms with Crippen molar-refractivity contribution in [3.05, 3.63) is 48.3 Å². The summed E-state index contributed by atoms with van der Waals surface area (Å²) in [5, 5.41) is 2.77. The number of rotatable bonds is 5. The predicted molar refractivity (Wildman–Crippen MR) is 95.0 cm³/mol. The molecule has 136 valence electrons. The summed E-state index contributed by atoms with van der Waals surface area (Å²) in [5.41, 5.74) is 0.639. The number of hydrogen-bond donors (Lipinski definition) is 1. The molecule has 6 nitrogen and oxygen atoms in total. The molecule has 1 atom stereocenters. The van der Waals surface area contributed by atoms with Gasteiger partial charge in [0.15, 0.2) is 0 Å². The van der Waals surface area contributed by atoms with E-state index in [2.05, 4.69) is 5.32 Å². The van der Waals surface area contributed by atoms with Gasteiger partial charge < -0.3 is 19.7 Å². The normalized spacial score (nSPS) is 16.5. The van der Waals surface area contributed by atoms with E-state index in [1.54, 1.807) is 30.3 Å². The highest BCUT2D eigenvalue weighted by Crippen LogP contribution is 2.31. The Balaban J connectivity index is 1.76. The number of methoxy groups -OCH3 is 2. The van der Waals surface area contributed by atoms with E-state index in [4.69, 9.17) is 9.47 Å². The number of anilines is 2. The van der Waals surface area contributed by atoms with Crippen LogP contribution in [0.5, 0.6) is 11.5 Å². The second-order valence-electron chi connectivity index (χ2n) is 5.91. The zero-order valence-electron chi connectivity index (χ0n) is 14.5. The summed E-state index contributed by atoms with van der Waals surface area (Å²) in [7, 11) is 3.02. The molecule has 7 heteroatoms. The van der Waals surface area contributed by atoms with Crippen LogP contribution in [0.1, 0.15) is 6.42 Å². The Morgan fingerprint density at radius 3 is 2.65 bits per heavy atom. The van der Waals surface area contributed by atoms with Gasteiger partial charge in [0, 0.05) is 19.0 Å². The van der Waals surface area contributed by atoms with E-state index in [9.17, 15) is 14.0 Å². The first-order valence-corrected chi connectivity index (χ1v) is 8.11. The standard InChI is InChI=1S/C19H19FN2O4/c1-25-13-7-8-17(26-2)15(10-13)21-19(24)12-9-18(23)22(11-12)16-6-4-3-5-14(16)20/h3-8,10,12H,9,11H2,1-2H3,(H,21,24). The third kappa shape index (κ3) is 3.46. The largest absolute Gasteiger partial charge is 0.497 e. The van der Waals surface area contributed by atoms with Crippen LogP contribution in [0, 0.1) is 11.7 Å². The summed E-state index contributed by atoms with van der Waals surface area (Å²) < 4.78 is 24.3. The molecule has 0 aromatic heterocycles. The molecule has 26 heavy (non-hydrogen) atoms. The topological polar surface area (TPSA) is 67.9 Å². The van der Waals surface area contributed by atoms with Crippen molar-refractivity contribution in [1.82, 2.24) is 0 Å². The Morgan fingerprint density at radius 2 is 1.96 bits per heavy atom. The van der Waals surface area contributed by atoms with Gasteiger partial charge >= 0.3 is 0 Å². The Hall–Kier alpha value is -3.09. The number of carbonyl (C=O) groups is 2. The molecule has 0 bridgehead atoms. The maximum atomic E-state index is 13.9. The lowest BCUT2D eigenvalue weighted by atomic mass is 10.1. The van der Waals surface area contributed by atoms with E-state index in [0.29, 0.717) is 17.2 Å². The van der Waals surface area contributed by atoms with Crippen molar-refractivity contribution in [2.45, 2.75) is 6.42 Å². The number of benzene rings is 2. The van der Waals surface area contributed by atoms with E-state index < -0.39 is 11.7 Å². The number of amides is 2. The van der Waals surface area contributed by atoms with E-state index in [0.717, 1.165) is 0 Å². The van der Waals surface area contributed by atoms with Gasteiger partial charge in [0.25, 0.3) is 0 Å². The van der Waals surface area contributed by atoms with Crippen LogP contribution in [0.25, 0.3) is 0 Å². The summed E-state index contributed by atoms with van der Waals surface area (Å²) in [6.07, 6.45) is 0.0203. The highest BCUT2D eigenvalue weighted by atomic mass is 19.1. The van der Waals surface area contributed by atoms with Crippen molar-refractivity contribution in [3.63, 3.8) is 0 Å². The van der Waals surface area contributed by atoms with Crippen molar-refractivity contribution in [1.29, 1.82) is 0 Å². The van der Waals surface area contributed by atoms with Crippen LogP contribution >= 0.6 is 0 Å². The minimum atomic E-state index is -0.585. The van der Waals surface area contributed by atoms with Crippen molar-refractivity contribution in [2.24, 2.45) is 5.92 Å². The average Bonchev–Trinajstić information content (AvgIpc) is 3.03. The minimum Gasteiger partial charge on any atom is -0.497 e. The van der Waals surface area contributed by atoms with Gasteiger partial charge in [-0.3, -0.25) is 9.59 Å². The number of carbonyl (C=O) groups excluding carboxylic acids is 2. The fourth-order valence-corrected chi connectivity index (χ4v) is 2.93. The van der Waals surface area contributed by atoms with Crippen LogP contribution in [-0.2, 0) is 9.59 Å². The lowest BCUT2D eigenvalue weighted by Gasteiger charge is -2.17. The van der Waals surface area contributed by atoms with Crippen LogP contribution in [-0.4, -0.2) is 32.6 Å². The molecule has 0 radical (unpaired) electrons. The van der Waals surface area contributed by atoms with Crippen molar-refractivity contribution < 1.29 is 23.5 Å². The average molecular weight is 358 g/mol. The molecule has 0 spiro atoms. The van der Waals surface area contributed by atoms with Gasteiger partial charge in [-0.1, -0.05) is 12.1 Å². The van der Waals surface area contributed by atoms with Crippen LogP contribution in [0.2, 0.25) is 0 Å². The maximum Gasteiger partial charge on any atom is 0.229 e. The summed E-state index contributed by atoms with van der Waals surface area (Å²) >= 11 is 0. The molecule has 1 aliphatic rings. The van der Waals surface area contributed by atoms with Crippen molar-refractivity contribution in [2.75, 3.05) is 31.0 Å². The number of ether oxygens (including phenoxy) is 2. The molecule has 1 heterocycles. The lowest BCUT2D eigenvalue weighted by molar-refractivity contribution is -0.122. The zero-order chi connectivity index (χ0) is 18.7. The monoisotopic (exact) mass is 358 g/mol. The third-order valence-electron chi connectivity index (χ3n) is 4.30. The molecule has 3 rings (SSSR count). The van der Waals surface area contributed by atoms with Crippen LogP contribution < -0.4 is 19.7 Å². The Bertz CT molecular complexity index is 840. The van der Waals surface area contributed by atoms with Crippen LogP contribution in [0.3, 0.4) is 0 Å². The number of nitrogens with zero attached hydrogens (tertiary/aromatic N) is 1. The molecule has 0 saturated carbocycles. The fraction of sp³-hybridized carbons (Fsp3) is 0.263. The second kappa shape index (κ2) is 7.43. The first-order valence-electron chi connectivity index (χ1n) is 8.11. The molecule has 2 amide bonds. The molecule has 0 aliphatic carbocycles. The predicted octanol–water partition coefficient (Wildman–Crippen LogP) is 2.83. The van der Waals surface area contributed by atoms with Gasteiger partial charge in [-0.05, 0) is 24.3 Å². The summed E-state index contributed by atoms with van der Waals surface area (Å²) in [5.74, 6) is -0.642. The maximum absolute atomic E-state index is 13.9. The van der Waals surface area contributed by atoms with Gasteiger partial charge in [0.2, 0.25) is 11.8 Å². The molecule has 1 unspecified atom stereocenters. The van der Waals surface area contributed by atoms with Gasteiger partial charge in [0.05, 0.1) is 31.5 Å². The van der Waals surface area contributed by atoms with Crippen molar-refractivity contribution >= 4 is 23.2 Å². The van der Waals surface area contributed by atoms with E-state index in [1.165, 1.54) is 31.3 Å². The minimum absolute atomic E-state index is 0.0203. The molecule has 1 saturated heterocycles. The van der Waals surface area contributed by atoms with Crippen LogP contribution in [0.15, 0.2) is 42.5 Å². The first kappa shape index (κ1) is 17.7.